The lowest BCUT2D eigenvalue weighted by Crippen LogP contribution is -2.39. The van der Waals surface area contributed by atoms with Gasteiger partial charge in [-0.25, -0.2) is 0 Å². The number of rotatable bonds is 5. The summed E-state index contributed by atoms with van der Waals surface area (Å²) in [5.41, 5.74) is 0.987. The molecule has 0 amide bonds. The standard InChI is InChI=1S/C15H25NOS/c1-2-13-7-10-18-14(13)11-16-12-15(17)8-5-3-4-6-9-15/h7,10,16-17H,2-6,8-9,11-12H2,1H3. The highest BCUT2D eigenvalue weighted by Gasteiger charge is 2.27. The molecule has 0 unspecified atom stereocenters. The monoisotopic (exact) mass is 267 g/mol. The molecule has 1 fully saturated rings. The Balaban J connectivity index is 1.80. The lowest BCUT2D eigenvalue weighted by Gasteiger charge is -2.27. The molecule has 2 rings (SSSR count). The van der Waals surface area contributed by atoms with Gasteiger partial charge in [-0.15, -0.1) is 11.3 Å². The summed E-state index contributed by atoms with van der Waals surface area (Å²) in [6, 6.07) is 2.21. The van der Waals surface area contributed by atoms with Gasteiger partial charge in [-0.05, 0) is 36.3 Å². The molecule has 2 nitrogen and oxygen atoms in total. The number of hydrogen-bond acceptors (Lipinski definition) is 3. The van der Waals surface area contributed by atoms with Crippen LogP contribution in [0.1, 0.15) is 55.9 Å². The van der Waals surface area contributed by atoms with Gasteiger partial charge in [-0.3, -0.25) is 0 Å². The SMILES string of the molecule is CCc1ccsc1CNCC1(O)CCCCCC1. The molecule has 0 aliphatic heterocycles. The Labute approximate surface area is 114 Å². The van der Waals surface area contributed by atoms with Crippen molar-refractivity contribution in [1.29, 1.82) is 0 Å². The van der Waals surface area contributed by atoms with Gasteiger partial charge >= 0.3 is 0 Å². The number of nitrogens with one attached hydrogen (secondary N) is 1. The van der Waals surface area contributed by atoms with Crippen LogP contribution < -0.4 is 5.32 Å². The Kier molecular flexibility index (Phi) is 5.22. The molecule has 0 radical (unpaired) electrons. The third-order valence-electron chi connectivity index (χ3n) is 3.99. The Morgan fingerprint density at radius 3 is 2.67 bits per heavy atom. The summed E-state index contributed by atoms with van der Waals surface area (Å²) in [4.78, 5) is 1.43. The number of aliphatic hydroxyl groups is 1. The minimum atomic E-state index is -0.458. The van der Waals surface area contributed by atoms with Gasteiger partial charge in [0.2, 0.25) is 0 Å². The van der Waals surface area contributed by atoms with Crippen molar-refractivity contribution in [2.24, 2.45) is 0 Å². The van der Waals surface area contributed by atoms with Gasteiger partial charge in [-0.1, -0.05) is 32.6 Å². The maximum absolute atomic E-state index is 10.5. The van der Waals surface area contributed by atoms with E-state index in [1.165, 1.54) is 36.1 Å². The first-order valence-electron chi connectivity index (χ1n) is 7.22. The molecule has 0 bridgehead atoms. The van der Waals surface area contributed by atoms with Crippen molar-refractivity contribution in [3.05, 3.63) is 21.9 Å². The molecule has 3 heteroatoms. The van der Waals surface area contributed by atoms with E-state index in [2.05, 4.69) is 23.7 Å². The van der Waals surface area contributed by atoms with Crippen LogP contribution in [0, 0.1) is 0 Å². The number of thiophene rings is 1. The maximum atomic E-state index is 10.5. The van der Waals surface area contributed by atoms with Crippen molar-refractivity contribution in [2.75, 3.05) is 6.54 Å². The van der Waals surface area contributed by atoms with Crippen LogP contribution in [0.3, 0.4) is 0 Å². The first-order chi connectivity index (χ1) is 8.73. The fourth-order valence-corrected chi connectivity index (χ4v) is 3.76. The highest BCUT2D eigenvalue weighted by molar-refractivity contribution is 7.10. The molecule has 2 N–H and O–H groups in total. The second-order valence-electron chi connectivity index (χ2n) is 5.46. The highest BCUT2D eigenvalue weighted by Crippen LogP contribution is 2.26. The normalized spacial score (nSPS) is 19.7. The second kappa shape index (κ2) is 6.69. The van der Waals surface area contributed by atoms with E-state index in [0.717, 1.165) is 32.4 Å². The zero-order valence-electron chi connectivity index (χ0n) is 11.4. The fraction of sp³-hybridized carbons (Fsp3) is 0.733. The molecule has 102 valence electrons. The summed E-state index contributed by atoms with van der Waals surface area (Å²) in [6.07, 6.45) is 7.95. The smallest absolute Gasteiger partial charge is 0.0771 e. The molecule has 1 aliphatic carbocycles. The topological polar surface area (TPSA) is 32.3 Å². The van der Waals surface area contributed by atoms with Gasteiger partial charge in [0.25, 0.3) is 0 Å². The molecule has 0 aromatic carbocycles. The summed E-state index contributed by atoms with van der Waals surface area (Å²) in [5, 5.41) is 16.2. The van der Waals surface area contributed by atoms with Gasteiger partial charge in [0.15, 0.2) is 0 Å². The van der Waals surface area contributed by atoms with Crippen LogP contribution in [-0.4, -0.2) is 17.3 Å². The molecular formula is C15H25NOS. The van der Waals surface area contributed by atoms with E-state index in [-0.39, 0.29) is 0 Å². The van der Waals surface area contributed by atoms with Crippen LogP contribution in [0.4, 0.5) is 0 Å². The van der Waals surface area contributed by atoms with E-state index in [1.807, 2.05) is 11.3 Å². The molecule has 1 aliphatic rings. The molecule has 0 spiro atoms. The number of hydrogen-bond donors (Lipinski definition) is 2. The summed E-state index contributed by atoms with van der Waals surface area (Å²) in [6.45, 7) is 3.85. The van der Waals surface area contributed by atoms with Gasteiger partial charge in [0.05, 0.1) is 5.60 Å². The predicted molar refractivity (Wildman–Crippen MR) is 78.1 cm³/mol. The fourth-order valence-electron chi connectivity index (χ4n) is 2.81. The lowest BCUT2D eigenvalue weighted by atomic mass is 9.94. The van der Waals surface area contributed by atoms with Crippen molar-refractivity contribution in [1.82, 2.24) is 5.32 Å². The third kappa shape index (κ3) is 3.81. The molecule has 0 saturated heterocycles. The van der Waals surface area contributed by atoms with E-state index in [1.54, 1.807) is 0 Å². The largest absolute Gasteiger partial charge is 0.389 e. The Bertz CT molecular complexity index is 353. The van der Waals surface area contributed by atoms with Crippen LogP contribution in [0.2, 0.25) is 0 Å². The van der Waals surface area contributed by atoms with Crippen LogP contribution in [0.25, 0.3) is 0 Å². The summed E-state index contributed by atoms with van der Waals surface area (Å²) in [5.74, 6) is 0. The quantitative estimate of drug-likeness (QED) is 0.801. The van der Waals surface area contributed by atoms with Crippen molar-refractivity contribution in [3.8, 4) is 0 Å². The highest BCUT2D eigenvalue weighted by atomic mass is 32.1. The molecular weight excluding hydrogens is 242 g/mol. The molecule has 1 saturated carbocycles. The molecule has 1 heterocycles. The van der Waals surface area contributed by atoms with Gasteiger partial charge in [0, 0.05) is 18.0 Å². The van der Waals surface area contributed by atoms with E-state index in [0.29, 0.717) is 0 Å². The van der Waals surface area contributed by atoms with Crippen molar-refractivity contribution < 1.29 is 5.11 Å². The van der Waals surface area contributed by atoms with Crippen molar-refractivity contribution >= 4 is 11.3 Å². The summed E-state index contributed by atoms with van der Waals surface area (Å²) >= 11 is 1.82. The minimum Gasteiger partial charge on any atom is -0.389 e. The van der Waals surface area contributed by atoms with E-state index < -0.39 is 5.60 Å². The minimum absolute atomic E-state index is 0.458. The summed E-state index contributed by atoms with van der Waals surface area (Å²) < 4.78 is 0. The molecule has 0 atom stereocenters. The van der Waals surface area contributed by atoms with Crippen LogP contribution >= 0.6 is 11.3 Å². The molecule has 1 aromatic heterocycles. The van der Waals surface area contributed by atoms with E-state index in [9.17, 15) is 5.11 Å². The zero-order chi connectivity index (χ0) is 12.8. The van der Waals surface area contributed by atoms with Crippen LogP contribution in [0.15, 0.2) is 11.4 Å². The molecule has 1 aromatic rings. The maximum Gasteiger partial charge on any atom is 0.0771 e. The van der Waals surface area contributed by atoms with E-state index in [4.69, 9.17) is 0 Å². The average Bonchev–Trinajstić information content (AvgIpc) is 2.70. The molecule has 18 heavy (non-hydrogen) atoms. The Morgan fingerprint density at radius 1 is 1.28 bits per heavy atom. The van der Waals surface area contributed by atoms with Crippen molar-refractivity contribution in [2.45, 2.75) is 64.0 Å². The van der Waals surface area contributed by atoms with Gasteiger partial charge in [-0.2, -0.15) is 0 Å². The van der Waals surface area contributed by atoms with Crippen LogP contribution in [0.5, 0.6) is 0 Å². The van der Waals surface area contributed by atoms with Crippen molar-refractivity contribution in [3.63, 3.8) is 0 Å². The zero-order valence-corrected chi connectivity index (χ0v) is 12.2. The second-order valence-corrected chi connectivity index (χ2v) is 6.47. The predicted octanol–water partition coefficient (Wildman–Crippen LogP) is 3.49. The Morgan fingerprint density at radius 2 is 2.00 bits per heavy atom. The van der Waals surface area contributed by atoms with Crippen LogP contribution in [-0.2, 0) is 13.0 Å². The third-order valence-corrected chi connectivity index (χ3v) is 4.96. The van der Waals surface area contributed by atoms with Gasteiger partial charge < -0.3 is 10.4 Å². The summed E-state index contributed by atoms with van der Waals surface area (Å²) in [7, 11) is 0. The number of aryl methyl sites for hydroxylation is 1. The lowest BCUT2D eigenvalue weighted by molar-refractivity contribution is 0.0251. The van der Waals surface area contributed by atoms with Gasteiger partial charge in [0.1, 0.15) is 0 Å². The Hall–Kier alpha value is -0.380. The first kappa shape index (κ1) is 14.0. The van der Waals surface area contributed by atoms with E-state index >= 15 is 0 Å². The first-order valence-corrected chi connectivity index (χ1v) is 8.10. The average molecular weight is 267 g/mol.